The summed E-state index contributed by atoms with van der Waals surface area (Å²) in [5.41, 5.74) is 2.34. The highest BCUT2D eigenvalue weighted by Gasteiger charge is 2.41. The van der Waals surface area contributed by atoms with Crippen LogP contribution in [0.2, 0.25) is 0 Å². The second-order valence-electron chi connectivity index (χ2n) is 6.31. The number of amides is 2. The van der Waals surface area contributed by atoms with E-state index >= 15 is 0 Å². The molecule has 5 nitrogen and oxygen atoms in total. The van der Waals surface area contributed by atoms with Crippen LogP contribution in [0, 0.1) is 13.8 Å². The molecule has 0 N–H and O–H groups in total. The van der Waals surface area contributed by atoms with Crippen LogP contribution in [0.4, 0.5) is 5.69 Å². The topological polar surface area (TPSA) is 63.2 Å². The Labute approximate surface area is 155 Å². The van der Waals surface area contributed by atoms with Gasteiger partial charge in [-0.1, -0.05) is 48.2 Å². The number of fused-ring (bicyclic) bond motifs is 1. The van der Waals surface area contributed by atoms with Crippen molar-refractivity contribution in [3.05, 3.63) is 59.9 Å². The molecule has 4 rings (SSSR count). The fourth-order valence-corrected chi connectivity index (χ4v) is 4.31. The summed E-state index contributed by atoms with van der Waals surface area (Å²) >= 11 is 1.26. The number of hydrogen-bond acceptors (Lipinski definition) is 5. The number of imide groups is 1. The van der Waals surface area contributed by atoms with Gasteiger partial charge in [-0.25, -0.2) is 14.9 Å². The van der Waals surface area contributed by atoms with Gasteiger partial charge in [0.1, 0.15) is 5.25 Å². The fraction of sp³-hybridized carbons (Fsp3) is 0.200. The van der Waals surface area contributed by atoms with E-state index in [4.69, 9.17) is 0 Å². The molecule has 1 fully saturated rings. The van der Waals surface area contributed by atoms with Gasteiger partial charge in [0.25, 0.3) is 0 Å². The van der Waals surface area contributed by atoms with Gasteiger partial charge >= 0.3 is 0 Å². The molecule has 130 valence electrons. The third-order valence-corrected chi connectivity index (χ3v) is 5.37. The molecule has 0 saturated carbocycles. The van der Waals surface area contributed by atoms with Crippen molar-refractivity contribution in [3.63, 3.8) is 0 Å². The summed E-state index contributed by atoms with van der Waals surface area (Å²) in [6.07, 6.45) is 0.156. The molecule has 0 aliphatic carbocycles. The van der Waals surface area contributed by atoms with Crippen LogP contribution in [0.3, 0.4) is 0 Å². The van der Waals surface area contributed by atoms with Crippen LogP contribution in [0.15, 0.2) is 53.7 Å². The molecular formula is C20H17N3O2S. The summed E-state index contributed by atoms with van der Waals surface area (Å²) in [6, 6.07) is 15.3. The zero-order chi connectivity index (χ0) is 18.3. The molecule has 2 amide bonds. The van der Waals surface area contributed by atoms with E-state index in [-0.39, 0.29) is 18.2 Å². The molecule has 1 atom stereocenters. The first kappa shape index (κ1) is 16.7. The molecule has 1 aromatic heterocycles. The van der Waals surface area contributed by atoms with E-state index in [0.717, 1.165) is 22.2 Å². The molecule has 0 bridgehead atoms. The van der Waals surface area contributed by atoms with E-state index in [1.807, 2.05) is 62.4 Å². The van der Waals surface area contributed by atoms with Gasteiger partial charge in [0.15, 0.2) is 5.16 Å². The first-order valence-corrected chi connectivity index (χ1v) is 9.24. The van der Waals surface area contributed by atoms with Gasteiger partial charge in [0.2, 0.25) is 11.8 Å². The zero-order valence-electron chi connectivity index (χ0n) is 14.5. The highest BCUT2D eigenvalue weighted by molar-refractivity contribution is 8.00. The first-order chi connectivity index (χ1) is 12.5. The molecule has 2 heterocycles. The first-order valence-electron chi connectivity index (χ1n) is 8.36. The average molecular weight is 363 g/mol. The van der Waals surface area contributed by atoms with E-state index in [9.17, 15) is 9.59 Å². The Kier molecular flexibility index (Phi) is 4.20. The molecule has 1 aliphatic rings. The third kappa shape index (κ3) is 2.97. The normalized spacial score (nSPS) is 17.3. The third-order valence-electron chi connectivity index (χ3n) is 4.32. The molecule has 3 aromatic rings. The lowest BCUT2D eigenvalue weighted by Crippen LogP contribution is -2.31. The molecule has 26 heavy (non-hydrogen) atoms. The van der Waals surface area contributed by atoms with E-state index in [0.29, 0.717) is 10.8 Å². The van der Waals surface area contributed by atoms with Crippen molar-refractivity contribution in [3.8, 4) is 0 Å². The zero-order valence-corrected chi connectivity index (χ0v) is 15.3. The highest BCUT2D eigenvalue weighted by atomic mass is 32.2. The molecule has 1 saturated heterocycles. The van der Waals surface area contributed by atoms with Gasteiger partial charge in [0.05, 0.1) is 5.69 Å². The van der Waals surface area contributed by atoms with Gasteiger partial charge in [-0.2, -0.15) is 0 Å². The Balaban J connectivity index is 1.67. The summed E-state index contributed by atoms with van der Waals surface area (Å²) in [5, 5.41) is 1.93. The van der Waals surface area contributed by atoms with E-state index in [1.54, 1.807) is 0 Å². The van der Waals surface area contributed by atoms with Crippen LogP contribution >= 0.6 is 11.8 Å². The van der Waals surface area contributed by atoms with Crippen LogP contribution in [0.25, 0.3) is 10.8 Å². The number of aromatic nitrogens is 2. The minimum absolute atomic E-state index is 0.156. The largest absolute Gasteiger partial charge is 0.274 e. The average Bonchev–Trinajstić information content (AvgIpc) is 2.87. The smallest absolute Gasteiger partial charge is 0.247 e. The number of thioether (sulfide) groups is 1. The number of aryl methyl sites for hydroxylation is 2. The Morgan fingerprint density at radius 1 is 1.00 bits per heavy atom. The summed E-state index contributed by atoms with van der Waals surface area (Å²) < 4.78 is 0. The second kappa shape index (κ2) is 6.53. The monoisotopic (exact) mass is 363 g/mol. The second-order valence-corrected chi connectivity index (χ2v) is 7.48. The maximum atomic E-state index is 13.0. The van der Waals surface area contributed by atoms with Crippen LogP contribution in [0.5, 0.6) is 0 Å². The number of carbonyl (C=O) groups excluding carboxylic acids is 2. The van der Waals surface area contributed by atoms with Crippen molar-refractivity contribution in [2.45, 2.75) is 30.7 Å². The van der Waals surface area contributed by atoms with Gasteiger partial charge < -0.3 is 0 Å². The lowest BCUT2D eigenvalue weighted by Gasteiger charge is -2.17. The number of rotatable bonds is 3. The highest BCUT2D eigenvalue weighted by Crippen LogP contribution is 2.35. The number of nitrogens with zero attached hydrogens (tertiary/aromatic N) is 3. The maximum Gasteiger partial charge on any atom is 0.247 e. The van der Waals surface area contributed by atoms with E-state index < -0.39 is 5.25 Å². The Morgan fingerprint density at radius 3 is 2.46 bits per heavy atom. The van der Waals surface area contributed by atoms with Gasteiger partial charge in [-0.15, -0.1) is 0 Å². The van der Waals surface area contributed by atoms with Crippen LogP contribution in [-0.4, -0.2) is 27.0 Å². The van der Waals surface area contributed by atoms with Crippen LogP contribution in [-0.2, 0) is 9.59 Å². The Bertz CT molecular complexity index is 1010. The molecule has 2 aromatic carbocycles. The van der Waals surface area contributed by atoms with Gasteiger partial charge in [-0.05, 0) is 31.4 Å². The molecule has 0 radical (unpaired) electrons. The quantitative estimate of drug-likeness (QED) is 0.525. The van der Waals surface area contributed by atoms with Crippen LogP contribution < -0.4 is 4.90 Å². The molecule has 0 spiro atoms. The fourth-order valence-electron chi connectivity index (χ4n) is 3.23. The van der Waals surface area contributed by atoms with Crippen molar-refractivity contribution in [1.82, 2.24) is 9.97 Å². The van der Waals surface area contributed by atoms with Crippen molar-refractivity contribution >= 4 is 40.0 Å². The number of anilines is 1. The van der Waals surface area contributed by atoms with Gasteiger partial charge in [0, 0.05) is 23.2 Å². The molecular weight excluding hydrogens is 346 g/mol. The van der Waals surface area contributed by atoms with Crippen molar-refractivity contribution in [1.29, 1.82) is 0 Å². The number of benzene rings is 2. The predicted octanol–water partition coefficient (Wildman–Crippen LogP) is 3.67. The molecule has 1 aliphatic heterocycles. The van der Waals surface area contributed by atoms with E-state index in [2.05, 4.69) is 9.97 Å². The Hall–Kier alpha value is -2.73. The van der Waals surface area contributed by atoms with Gasteiger partial charge in [-0.3, -0.25) is 9.59 Å². The number of hydrogen-bond donors (Lipinski definition) is 0. The Morgan fingerprint density at radius 2 is 1.69 bits per heavy atom. The minimum Gasteiger partial charge on any atom is -0.274 e. The maximum absolute atomic E-state index is 13.0. The minimum atomic E-state index is -0.498. The lowest BCUT2D eigenvalue weighted by molar-refractivity contribution is -0.121. The number of carbonyl (C=O) groups is 2. The SMILES string of the molecule is Cc1cc(C)nc(S[C@@H]2CC(=O)N(c3cccc4ccccc34)C2=O)n1. The van der Waals surface area contributed by atoms with Crippen LogP contribution in [0.1, 0.15) is 17.8 Å². The molecule has 6 heteroatoms. The summed E-state index contributed by atoms with van der Waals surface area (Å²) in [5.74, 6) is -0.396. The predicted molar refractivity (Wildman–Crippen MR) is 102 cm³/mol. The van der Waals surface area contributed by atoms with E-state index in [1.165, 1.54) is 16.7 Å². The van der Waals surface area contributed by atoms with Crippen molar-refractivity contribution < 1.29 is 9.59 Å². The summed E-state index contributed by atoms with van der Waals surface area (Å²) in [7, 11) is 0. The van der Waals surface area contributed by atoms with Crippen molar-refractivity contribution in [2.24, 2.45) is 0 Å². The standard InChI is InChI=1S/C20H17N3O2S/c1-12-10-13(2)22-20(21-12)26-17-11-18(24)23(19(17)25)16-9-5-7-14-6-3-4-8-15(14)16/h3-10,17H,11H2,1-2H3/t17-/m1/s1. The summed E-state index contributed by atoms with van der Waals surface area (Å²) in [4.78, 5) is 35.6. The van der Waals surface area contributed by atoms with Crippen molar-refractivity contribution in [2.75, 3.05) is 4.90 Å². The molecule has 0 unspecified atom stereocenters. The lowest BCUT2D eigenvalue weighted by atomic mass is 10.1. The summed E-state index contributed by atoms with van der Waals surface area (Å²) in [6.45, 7) is 3.78.